The van der Waals surface area contributed by atoms with Crippen LogP contribution in [0.25, 0.3) is 0 Å². The molecule has 4 aliphatic rings. The highest BCUT2D eigenvalue weighted by molar-refractivity contribution is 5.82. The van der Waals surface area contributed by atoms with Crippen molar-refractivity contribution in [2.75, 3.05) is 19.6 Å². The van der Waals surface area contributed by atoms with Crippen molar-refractivity contribution >= 4 is 5.91 Å². The maximum Gasteiger partial charge on any atom is 0.252 e. The van der Waals surface area contributed by atoms with E-state index in [0.29, 0.717) is 0 Å². The number of nitrogens with one attached hydrogen (secondary N) is 1. The van der Waals surface area contributed by atoms with Gasteiger partial charge >= 0.3 is 0 Å². The van der Waals surface area contributed by atoms with E-state index in [1.807, 2.05) is 0 Å². The highest BCUT2D eigenvalue weighted by atomic mass is 16.8. The molecule has 7 unspecified atom stereocenters. The average Bonchev–Trinajstić information content (AvgIpc) is 3.34. The molecule has 3 heterocycles. The van der Waals surface area contributed by atoms with Gasteiger partial charge < -0.3 is 98.8 Å². The highest BCUT2D eigenvalue weighted by Crippen LogP contribution is 2.34. The summed E-state index contributed by atoms with van der Waals surface area (Å²) in [5.41, 5.74) is 35.8. The first-order valence-corrected chi connectivity index (χ1v) is 14.9. The maximum atomic E-state index is 13.0. The molecule has 46 heavy (non-hydrogen) atoms. The van der Waals surface area contributed by atoms with Crippen LogP contribution in [0.1, 0.15) is 6.42 Å². The summed E-state index contributed by atoms with van der Waals surface area (Å²) >= 11 is 0. The van der Waals surface area contributed by atoms with Crippen LogP contribution in [0.15, 0.2) is 0 Å². The first kappa shape index (κ1) is 37.1. The van der Waals surface area contributed by atoms with E-state index in [9.17, 15) is 35.4 Å². The number of carbonyl (C=O) groups is 1. The first-order chi connectivity index (χ1) is 21.7. The molecule has 3 saturated heterocycles. The Morgan fingerprint density at radius 1 is 0.696 bits per heavy atom. The Morgan fingerprint density at radius 3 is 1.70 bits per heavy atom. The predicted octanol–water partition coefficient (Wildman–Crippen LogP) is -9.14. The van der Waals surface area contributed by atoms with Crippen LogP contribution in [0, 0.1) is 12.3 Å². The third-order valence-corrected chi connectivity index (χ3v) is 8.72. The molecule has 19 atom stereocenters. The van der Waals surface area contributed by atoms with E-state index in [4.69, 9.17) is 69.2 Å². The minimum absolute atomic E-state index is 0.0451. The molecule has 3 aliphatic heterocycles. The van der Waals surface area contributed by atoms with Crippen LogP contribution in [0.5, 0.6) is 0 Å². The molecule has 0 aromatic carbocycles. The Morgan fingerprint density at radius 2 is 1.20 bits per heavy atom. The number of aliphatic hydroxyl groups excluding tert-OH is 6. The fourth-order valence-corrected chi connectivity index (χ4v) is 5.96. The van der Waals surface area contributed by atoms with Gasteiger partial charge in [-0.05, 0) is 6.42 Å². The number of hydrogen-bond acceptors (Lipinski definition) is 19. The predicted molar refractivity (Wildman–Crippen MR) is 153 cm³/mol. The summed E-state index contributed by atoms with van der Waals surface area (Å²) in [5.74, 6) is 1.41. The van der Waals surface area contributed by atoms with Gasteiger partial charge in [-0.3, -0.25) is 4.79 Å². The number of terminal acetylenes is 1. The molecule has 20 heteroatoms. The van der Waals surface area contributed by atoms with Gasteiger partial charge in [0.1, 0.15) is 61.0 Å². The zero-order valence-corrected chi connectivity index (χ0v) is 24.9. The van der Waals surface area contributed by atoms with E-state index in [0.717, 1.165) is 0 Å². The molecular weight excluding hydrogens is 618 g/mol. The van der Waals surface area contributed by atoms with Crippen molar-refractivity contribution < 1.29 is 63.9 Å². The van der Waals surface area contributed by atoms with Crippen molar-refractivity contribution in [1.29, 1.82) is 0 Å². The fraction of sp³-hybridized carbons (Fsp3) is 0.885. The van der Waals surface area contributed by atoms with E-state index in [1.165, 1.54) is 0 Å². The van der Waals surface area contributed by atoms with E-state index < -0.39 is 122 Å². The summed E-state index contributed by atoms with van der Waals surface area (Å²) in [5, 5.41) is 66.1. The Balaban J connectivity index is 1.57. The molecule has 0 aromatic heterocycles. The lowest BCUT2D eigenvalue weighted by molar-refractivity contribution is -0.306. The Bertz CT molecular complexity index is 1060. The van der Waals surface area contributed by atoms with E-state index in [-0.39, 0.29) is 26.1 Å². The molecule has 0 bridgehead atoms. The molecule has 19 N–H and O–H groups in total. The largest absolute Gasteiger partial charge is 0.389 e. The van der Waals surface area contributed by atoms with E-state index in [1.54, 1.807) is 0 Å². The smallest absolute Gasteiger partial charge is 0.252 e. The normalized spacial score (nSPS) is 49.8. The van der Waals surface area contributed by atoms with Crippen molar-refractivity contribution in [2.24, 2.45) is 34.4 Å². The van der Waals surface area contributed by atoms with Gasteiger partial charge in [0.05, 0.1) is 24.7 Å². The van der Waals surface area contributed by atoms with Gasteiger partial charge in [0, 0.05) is 25.2 Å². The maximum absolute atomic E-state index is 13.0. The molecule has 264 valence electrons. The average molecular weight is 666 g/mol. The Hall–Kier alpha value is -1.69. The lowest BCUT2D eigenvalue weighted by Crippen LogP contribution is -2.68. The number of ether oxygens (including phenoxy) is 6. The van der Waals surface area contributed by atoms with Gasteiger partial charge in [-0.15, -0.1) is 6.42 Å². The summed E-state index contributed by atoms with van der Waals surface area (Å²) in [6.07, 6.45) is -16.3. The van der Waals surface area contributed by atoms with Gasteiger partial charge in [-0.1, -0.05) is 5.92 Å². The Labute approximate surface area is 264 Å². The molecule has 1 aliphatic carbocycles. The molecule has 4 fully saturated rings. The molecule has 1 saturated carbocycles. The van der Waals surface area contributed by atoms with Crippen LogP contribution < -0.4 is 39.7 Å². The third-order valence-electron chi connectivity index (χ3n) is 8.72. The van der Waals surface area contributed by atoms with Crippen molar-refractivity contribution in [3.8, 4) is 12.3 Å². The number of rotatable bonds is 10. The summed E-state index contributed by atoms with van der Waals surface area (Å²) in [6.45, 7) is -0.609. The SMILES string of the molecule is C#CCNC(=O)[C@H]1O[C@@H](O[C@@H]2C(O)[C@H](N)CC(N)[C@@H]2O[C@@H]2OC(CN)[C@H](O)[C@H](O)C2N)C(O)[C@H]1O[C@H]1O[C@@H](CN)[C@@H](O)C(O)C1N. The number of aliphatic hydroxyl groups is 6. The lowest BCUT2D eigenvalue weighted by atomic mass is 9.84. The van der Waals surface area contributed by atoms with Crippen LogP contribution in [-0.4, -0.2) is 172 Å². The summed E-state index contributed by atoms with van der Waals surface area (Å²) in [4.78, 5) is 13.0. The summed E-state index contributed by atoms with van der Waals surface area (Å²) < 4.78 is 34.9. The number of amides is 1. The van der Waals surface area contributed by atoms with Gasteiger partial charge in [0.15, 0.2) is 25.0 Å². The second-order valence-electron chi connectivity index (χ2n) is 11.9. The van der Waals surface area contributed by atoms with Crippen molar-refractivity contribution in [3.05, 3.63) is 0 Å². The lowest BCUT2D eigenvalue weighted by Gasteiger charge is -2.47. The first-order valence-electron chi connectivity index (χ1n) is 14.9. The highest BCUT2D eigenvalue weighted by Gasteiger charge is 2.56. The van der Waals surface area contributed by atoms with Gasteiger partial charge in [0.25, 0.3) is 5.91 Å². The van der Waals surface area contributed by atoms with Gasteiger partial charge in [-0.2, -0.15) is 0 Å². The van der Waals surface area contributed by atoms with Crippen molar-refractivity contribution in [2.45, 2.75) is 123 Å². The monoisotopic (exact) mass is 665 g/mol. The molecular formula is C26H47N7O13. The zero-order valence-electron chi connectivity index (χ0n) is 24.9. The quantitative estimate of drug-likeness (QED) is 0.0963. The molecule has 0 spiro atoms. The molecule has 0 radical (unpaired) electrons. The van der Waals surface area contributed by atoms with Crippen LogP contribution in [0.2, 0.25) is 0 Å². The topological polar surface area (TPSA) is 362 Å². The minimum atomic E-state index is -1.77. The Kier molecular flexibility index (Phi) is 12.7. The van der Waals surface area contributed by atoms with Crippen LogP contribution in [0.4, 0.5) is 0 Å². The molecule has 20 nitrogen and oxygen atoms in total. The van der Waals surface area contributed by atoms with Crippen molar-refractivity contribution in [1.82, 2.24) is 5.32 Å². The number of carbonyl (C=O) groups excluding carboxylic acids is 1. The van der Waals surface area contributed by atoms with E-state index >= 15 is 0 Å². The van der Waals surface area contributed by atoms with Crippen LogP contribution in [-0.2, 0) is 33.2 Å². The summed E-state index contributed by atoms with van der Waals surface area (Å²) in [7, 11) is 0. The van der Waals surface area contributed by atoms with E-state index in [2.05, 4.69) is 11.2 Å². The third kappa shape index (κ3) is 7.47. The number of nitrogens with two attached hydrogens (primary N) is 6. The molecule has 4 rings (SSSR count). The zero-order chi connectivity index (χ0) is 34.0. The standard InChI is InChI=1S/C26H47N7O13/c1-2-3-33-23(40)22-21(44-25-12(32)17(38)15(36)10(6-28)42-25)18(39)26(46-22)45-20-13(34)7(29)4-8(30)19(20)43-24-11(31)16(37)14(35)9(5-27)41-24/h1,7-22,24-26,34-39H,3-6,27-32H2,(H,33,40)/t7-,8?,9?,10+,11?,12?,13?,14+,15-,16-,17?,18?,19+,20-,21-,22+,24+,25-,26-/m1/s1. The fourth-order valence-electron chi connectivity index (χ4n) is 5.96. The van der Waals surface area contributed by atoms with Gasteiger partial charge in [0.2, 0.25) is 0 Å². The second-order valence-corrected chi connectivity index (χ2v) is 11.9. The summed E-state index contributed by atoms with van der Waals surface area (Å²) in [6, 6.07) is -4.44. The van der Waals surface area contributed by atoms with Crippen LogP contribution in [0.3, 0.4) is 0 Å². The van der Waals surface area contributed by atoms with Crippen molar-refractivity contribution in [3.63, 3.8) is 0 Å². The van der Waals surface area contributed by atoms with Gasteiger partial charge in [-0.25, -0.2) is 0 Å². The molecule has 1 amide bonds. The minimum Gasteiger partial charge on any atom is -0.389 e. The second kappa shape index (κ2) is 15.7. The van der Waals surface area contributed by atoms with Crippen LogP contribution >= 0.6 is 0 Å². The number of hydrogen-bond donors (Lipinski definition) is 13. The molecule has 0 aromatic rings.